The average molecular weight is 312 g/mol. The van der Waals surface area contributed by atoms with Gasteiger partial charge in [0.05, 0.1) is 6.20 Å². The highest BCUT2D eigenvalue weighted by Crippen LogP contribution is 2.22. The maximum atomic E-state index is 12.6. The van der Waals surface area contributed by atoms with Crippen molar-refractivity contribution in [1.29, 1.82) is 0 Å². The van der Waals surface area contributed by atoms with Crippen LogP contribution in [0.5, 0.6) is 0 Å². The van der Waals surface area contributed by atoms with Gasteiger partial charge in [0.2, 0.25) is 0 Å². The summed E-state index contributed by atoms with van der Waals surface area (Å²) in [6.07, 6.45) is 15.3. The standard InChI is InChI=1S/C18H24N4O/c23-18(21-14-8-5-6-9-14)15-12-20-22-16-10-4-2-1-3-7-13(16)11-19-17(15)22/h11-12,14H,1-10H2,(H,21,23). The van der Waals surface area contributed by atoms with Crippen LogP contribution in [0.1, 0.15) is 73.0 Å². The van der Waals surface area contributed by atoms with Crippen LogP contribution < -0.4 is 5.32 Å². The van der Waals surface area contributed by atoms with Gasteiger partial charge < -0.3 is 5.32 Å². The van der Waals surface area contributed by atoms with Gasteiger partial charge in [-0.2, -0.15) is 5.10 Å². The molecule has 0 unspecified atom stereocenters. The number of hydrogen-bond donors (Lipinski definition) is 1. The van der Waals surface area contributed by atoms with E-state index in [0.29, 0.717) is 17.3 Å². The summed E-state index contributed by atoms with van der Waals surface area (Å²) in [6, 6.07) is 0.321. The molecule has 2 aromatic rings. The molecule has 4 rings (SSSR count). The SMILES string of the molecule is O=C(NC1CCCC1)c1cnn2c3c(cnc12)CCCCCC3. The number of fused-ring (bicyclic) bond motifs is 3. The van der Waals surface area contributed by atoms with Gasteiger partial charge in [-0.15, -0.1) is 0 Å². The first-order chi connectivity index (χ1) is 11.3. The Hall–Kier alpha value is -1.91. The van der Waals surface area contributed by atoms with E-state index in [4.69, 9.17) is 0 Å². The van der Waals surface area contributed by atoms with Gasteiger partial charge in [0, 0.05) is 17.9 Å². The molecule has 0 radical (unpaired) electrons. The number of carbonyl (C=O) groups is 1. The van der Waals surface area contributed by atoms with E-state index in [0.717, 1.165) is 25.7 Å². The van der Waals surface area contributed by atoms with Crippen LogP contribution in [0.4, 0.5) is 0 Å². The molecule has 2 aliphatic rings. The minimum Gasteiger partial charge on any atom is -0.349 e. The Bertz CT molecular complexity index is 715. The molecule has 0 spiro atoms. The predicted octanol–water partition coefficient (Wildman–Crippen LogP) is 3.06. The third-order valence-corrected chi connectivity index (χ3v) is 5.26. The summed E-state index contributed by atoms with van der Waals surface area (Å²) in [6.45, 7) is 0. The van der Waals surface area contributed by atoms with Crippen molar-refractivity contribution in [2.45, 2.75) is 70.3 Å². The topological polar surface area (TPSA) is 59.3 Å². The Kier molecular flexibility index (Phi) is 4.02. The summed E-state index contributed by atoms with van der Waals surface area (Å²) >= 11 is 0. The van der Waals surface area contributed by atoms with Gasteiger partial charge >= 0.3 is 0 Å². The fourth-order valence-electron chi connectivity index (χ4n) is 3.94. The second-order valence-electron chi connectivity index (χ2n) is 6.89. The molecule has 0 atom stereocenters. The molecule has 1 saturated carbocycles. The van der Waals surface area contributed by atoms with Crippen LogP contribution in [0.2, 0.25) is 0 Å². The van der Waals surface area contributed by atoms with Crippen molar-refractivity contribution in [1.82, 2.24) is 19.9 Å². The fraction of sp³-hybridized carbons (Fsp3) is 0.611. The number of carbonyl (C=O) groups excluding carboxylic acids is 1. The van der Waals surface area contributed by atoms with Crippen LogP contribution in [0.3, 0.4) is 0 Å². The van der Waals surface area contributed by atoms with E-state index >= 15 is 0 Å². The first kappa shape index (κ1) is 14.7. The second-order valence-corrected chi connectivity index (χ2v) is 6.89. The molecule has 1 fully saturated rings. The summed E-state index contributed by atoms with van der Waals surface area (Å²) in [5.41, 5.74) is 3.86. The van der Waals surface area contributed by atoms with Gasteiger partial charge in [-0.1, -0.05) is 25.7 Å². The maximum Gasteiger partial charge on any atom is 0.256 e. The molecular formula is C18H24N4O. The van der Waals surface area contributed by atoms with Crippen LogP contribution >= 0.6 is 0 Å². The molecular weight excluding hydrogens is 288 g/mol. The number of amides is 1. The van der Waals surface area contributed by atoms with Crippen LogP contribution in [-0.2, 0) is 12.8 Å². The number of rotatable bonds is 2. The van der Waals surface area contributed by atoms with E-state index in [1.54, 1.807) is 6.20 Å². The van der Waals surface area contributed by atoms with E-state index in [1.165, 1.54) is 49.8 Å². The zero-order valence-electron chi connectivity index (χ0n) is 13.6. The maximum absolute atomic E-state index is 12.6. The molecule has 2 aliphatic carbocycles. The predicted molar refractivity (Wildman–Crippen MR) is 88.6 cm³/mol. The molecule has 0 bridgehead atoms. The van der Waals surface area contributed by atoms with E-state index < -0.39 is 0 Å². The minimum atomic E-state index is -0.0230. The summed E-state index contributed by atoms with van der Waals surface area (Å²) < 4.78 is 1.91. The third-order valence-electron chi connectivity index (χ3n) is 5.26. The number of hydrogen-bond acceptors (Lipinski definition) is 3. The Morgan fingerprint density at radius 1 is 1.04 bits per heavy atom. The number of aromatic nitrogens is 3. The second kappa shape index (κ2) is 6.30. The largest absolute Gasteiger partial charge is 0.349 e. The zero-order valence-corrected chi connectivity index (χ0v) is 13.6. The molecule has 0 aliphatic heterocycles. The summed E-state index contributed by atoms with van der Waals surface area (Å²) in [7, 11) is 0. The molecule has 0 saturated heterocycles. The number of nitrogens with zero attached hydrogens (tertiary/aromatic N) is 3. The molecule has 122 valence electrons. The third kappa shape index (κ3) is 2.84. The van der Waals surface area contributed by atoms with Crippen molar-refractivity contribution in [3.8, 4) is 0 Å². The van der Waals surface area contributed by atoms with Gasteiger partial charge in [0.15, 0.2) is 5.65 Å². The van der Waals surface area contributed by atoms with Gasteiger partial charge in [-0.3, -0.25) is 4.79 Å². The van der Waals surface area contributed by atoms with Crippen molar-refractivity contribution < 1.29 is 4.79 Å². The number of aryl methyl sites for hydroxylation is 2. The lowest BCUT2D eigenvalue weighted by molar-refractivity contribution is 0.0939. The first-order valence-corrected chi connectivity index (χ1v) is 8.98. The Balaban J connectivity index is 1.66. The number of nitrogens with one attached hydrogen (secondary N) is 1. The van der Waals surface area contributed by atoms with E-state index in [2.05, 4.69) is 15.4 Å². The van der Waals surface area contributed by atoms with Gasteiger partial charge in [0.1, 0.15) is 5.56 Å². The molecule has 2 heterocycles. The van der Waals surface area contributed by atoms with Gasteiger partial charge in [-0.05, 0) is 44.1 Å². The first-order valence-electron chi connectivity index (χ1n) is 8.98. The van der Waals surface area contributed by atoms with Crippen LogP contribution in [0.25, 0.3) is 5.65 Å². The smallest absolute Gasteiger partial charge is 0.256 e. The average Bonchev–Trinajstić information content (AvgIpc) is 3.16. The van der Waals surface area contributed by atoms with Crippen LogP contribution in [-0.4, -0.2) is 26.5 Å². The molecule has 5 heteroatoms. The monoisotopic (exact) mass is 312 g/mol. The van der Waals surface area contributed by atoms with Crippen molar-refractivity contribution in [3.63, 3.8) is 0 Å². The molecule has 5 nitrogen and oxygen atoms in total. The normalized spacial score (nSPS) is 19.3. The van der Waals surface area contributed by atoms with Crippen molar-refractivity contribution in [3.05, 3.63) is 29.2 Å². The minimum absolute atomic E-state index is 0.0230. The lowest BCUT2D eigenvalue weighted by Gasteiger charge is -2.15. The van der Waals surface area contributed by atoms with Gasteiger partial charge in [-0.25, -0.2) is 9.50 Å². The molecule has 2 aromatic heterocycles. The summed E-state index contributed by atoms with van der Waals surface area (Å²) in [5, 5.41) is 7.64. The van der Waals surface area contributed by atoms with Gasteiger partial charge in [0.25, 0.3) is 5.91 Å². The van der Waals surface area contributed by atoms with E-state index in [-0.39, 0.29) is 5.91 Å². The molecule has 23 heavy (non-hydrogen) atoms. The lowest BCUT2D eigenvalue weighted by Crippen LogP contribution is -2.32. The van der Waals surface area contributed by atoms with Crippen LogP contribution in [0.15, 0.2) is 12.4 Å². The molecule has 1 N–H and O–H groups in total. The fourth-order valence-corrected chi connectivity index (χ4v) is 3.94. The van der Waals surface area contributed by atoms with Crippen molar-refractivity contribution in [2.24, 2.45) is 0 Å². The summed E-state index contributed by atoms with van der Waals surface area (Å²) in [4.78, 5) is 17.1. The highest BCUT2D eigenvalue weighted by atomic mass is 16.1. The van der Waals surface area contributed by atoms with E-state index in [9.17, 15) is 4.79 Å². The summed E-state index contributed by atoms with van der Waals surface area (Å²) in [5.74, 6) is -0.0230. The highest BCUT2D eigenvalue weighted by molar-refractivity contribution is 5.99. The molecule has 1 amide bonds. The zero-order chi connectivity index (χ0) is 15.6. The van der Waals surface area contributed by atoms with Crippen molar-refractivity contribution in [2.75, 3.05) is 0 Å². The van der Waals surface area contributed by atoms with E-state index in [1.807, 2.05) is 10.7 Å². The molecule has 0 aromatic carbocycles. The quantitative estimate of drug-likeness (QED) is 0.927. The Morgan fingerprint density at radius 2 is 1.83 bits per heavy atom. The Labute approximate surface area is 136 Å². The highest BCUT2D eigenvalue weighted by Gasteiger charge is 2.22. The Morgan fingerprint density at radius 3 is 2.65 bits per heavy atom. The van der Waals surface area contributed by atoms with Crippen molar-refractivity contribution >= 4 is 11.6 Å². The van der Waals surface area contributed by atoms with Crippen LogP contribution in [0, 0.1) is 0 Å². The lowest BCUT2D eigenvalue weighted by atomic mass is 9.98.